The number of hydrogen-bond donors (Lipinski definition) is 1. The van der Waals surface area contributed by atoms with Crippen LogP contribution < -0.4 is 5.32 Å². The molecule has 1 aromatic carbocycles. The third-order valence-electron chi connectivity index (χ3n) is 3.28. The number of carbonyl (C=O) groups is 1. The van der Waals surface area contributed by atoms with Crippen LogP contribution in [0.3, 0.4) is 0 Å². The summed E-state index contributed by atoms with van der Waals surface area (Å²) >= 11 is 0. The number of tetrazole rings is 1. The molecule has 0 radical (unpaired) electrons. The zero-order valence-electron chi connectivity index (χ0n) is 11.9. The Labute approximate surface area is 127 Å². The number of amides is 1. The van der Waals surface area contributed by atoms with Gasteiger partial charge in [0.1, 0.15) is 6.33 Å². The predicted octanol–water partition coefficient (Wildman–Crippen LogP) is 1.55. The molecule has 1 N–H and O–H groups in total. The van der Waals surface area contributed by atoms with E-state index in [0.717, 1.165) is 11.3 Å². The lowest BCUT2D eigenvalue weighted by Crippen LogP contribution is -2.26. The predicted molar refractivity (Wildman–Crippen MR) is 79.3 cm³/mol. The summed E-state index contributed by atoms with van der Waals surface area (Å²) in [4.78, 5) is 16.3. The van der Waals surface area contributed by atoms with Crippen LogP contribution in [0.25, 0.3) is 5.69 Å². The van der Waals surface area contributed by atoms with Crippen LogP contribution in [-0.2, 0) is 0 Å². The Morgan fingerprint density at radius 3 is 2.77 bits per heavy atom. The minimum atomic E-state index is -0.153. The Hall–Kier alpha value is -3.09. The molecule has 0 aliphatic heterocycles. The van der Waals surface area contributed by atoms with Gasteiger partial charge in [-0.2, -0.15) is 0 Å². The van der Waals surface area contributed by atoms with Crippen molar-refractivity contribution in [3.05, 3.63) is 66.2 Å². The molecule has 7 nitrogen and oxygen atoms in total. The van der Waals surface area contributed by atoms with Gasteiger partial charge in [-0.25, -0.2) is 4.68 Å². The number of aromatic nitrogens is 5. The standard InChI is InChI=1S/C15H14N6O/c1-11(12-5-7-16-8-6-12)18-15(22)13-3-2-4-14(9-13)21-10-17-19-20-21/h2-11H,1H3,(H,18,22). The first kappa shape index (κ1) is 13.9. The smallest absolute Gasteiger partial charge is 0.251 e. The van der Waals surface area contributed by atoms with Gasteiger partial charge >= 0.3 is 0 Å². The third-order valence-corrected chi connectivity index (χ3v) is 3.28. The van der Waals surface area contributed by atoms with Gasteiger partial charge in [0.05, 0.1) is 11.7 Å². The van der Waals surface area contributed by atoms with E-state index in [-0.39, 0.29) is 11.9 Å². The van der Waals surface area contributed by atoms with Gasteiger partial charge in [-0.1, -0.05) is 6.07 Å². The molecule has 3 aromatic rings. The lowest BCUT2D eigenvalue weighted by molar-refractivity contribution is 0.0940. The van der Waals surface area contributed by atoms with E-state index < -0.39 is 0 Å². The molecular weight excluding hydrogens is 280 g/mol. The number of benzene rings is 1. The number of carbonyl (C=O) groups excluding carboxylic acids is 1. The summed E-state index contributed by atoms with van der Waals surface area (Å²) in [7, 11) is 0. The largest absolute Gasteiger partial charge is 0.346 e. The van der Waals surface area contributed by atoms with Crippen molar-refractivity contribution in [2.75, 3.05) is 0 Å². The SMILES string of the molecule is CC(NC(=O)c1cccc(-n2cnnn2)c1)c1ccncc1. The quantitative estimate of drug-likeness (QED) is 0.789. The van der Waals surface area contributed by atoms with Gasteiger partial charge in [0.2, 0.25) is 0 Å². The molecule has 0 saturated heterocycles. The molecule has 0 aliphatic carbocycles. The fourth-order valence-corrected chi connectivity index (χ4v) is 2.08. The molecule has 1 atom stereocenters. The maximum atomic E-state index is 12.4. The molecule has 0 saturated carbocycles. The van der Waals surface area contributed by atoms with E-state index in [2.05, 4.69) is 25.8 Å². The Bertz CT molecular complexity index is 757. The zero-order valence-corrected chi connectivity index (χ0v) is 11.9. The molecule has 2 aromatic heterocycles. The highest BCUT2D eigenvalue weighted by Crippen LogP contribution is 2.13. The average molecular weight is 294 g/mol. The lowest BCUT2D eigenvalue weighted by Gasteiger charge is -2.14. The van der Waals surface area contributed by atoms with Crippen LogP contribution in [0.2, 0.25) is 0 Å². The van der Waals surface area contributed by atoms with Gasteiger partial charge in [-0.05, 0) is 53.2 Å². The van der Waals surface area contributed by atoms with E-state index >= 15 is 0 Å². The molecule has 0 bridgehead atoms. The summed E-state index contributed by atoms with van der Waals surface area (Å²) in [5.41, 5.74) is 2.28. The second kappa shape index (κ2) is 6.13. The van der Waals surface area contributed by atoms with Crippen molar-refractivity contribution in [1.82, 2.24) is 30.5 Å². The van der Waals surface area contributed by atoms with Crippen molar-refractivity contribution < 1.29 is 4.79 Å². The topological polar surface area (TPSA) is 85.6 Å². The molecule has 2 heterocycles. The monoisotopic (exact) mass is 294 g/mol. The highest BCUT2D eigenvalue weighted by Gasteiger charge is 2.12. The number of pyridine rings is 1. The van der Waals surface area contributed by atoms with Crippen LogP contribution in [0.4, 0.5) is 0 Å². The minimum absolute atomic E-state index is 0.104. The van der Waals surface area contributed by atoms with E-state index in [1.165, 1.54) is 11.0 Å². The molecule has 0 spiro atoms. The zero-order chi connectivity index (χ0) is 15.4. The summed E-state index contributed by atoms with van der Waals surface area (Å²) in [5.74, 6) is -0.153. The lowest BCUT2D eigenvalue weighted by atomic mass is 10.1. The Balaban J connectivity index is 1.77. The highest BCUT2D eigenvalue weighted by molar-refractivity contribution is 5.94. The first-order valence-electron chi connectivity index (χ1n) is 6.78. The Morgan fingerprint density at radius 1 is 1.23 bits per heavy atom. The van der Waals surface area contributed by atoms with Gasteiger partial charge in [0.25, 0.3) is 5.91 Å². The summed E-state index contributed by atoms with van der Waals surface area (Å²) in [5, 5.41) is 13.9. The third kappa shape index (κ3) is 2.98. The molecule has 1 unspecified atom stereocenters. The summed E-state index contributed by atoms with van der Waals surface area (Å²) in [6, 6.07) is 10.8. The van der Waals surface area contributed by atoms with Gasteiger partial charge < -0.3 is 5.32 Å². The molecule has 0 fully saturated rings. The highest BCUT2D eigenvalue weighted by atomic mass is 16.1. The van der Waals surface area contributed by atoms with E-state index in [0.29, 0.717) is 5.56 Å². The van der Waals surface area contributed by atoms with Gasteiger partial charge in [0.15, 0.2) is 0 Å². The summed E-state index contributed by atoms with van der Waals surface area (Å²) < 4.78 is 1.50. The number of nitrogens with zero attached hydrogens (tertiary/aromatic N) is 5. The van der Waals surface area contributed by atoms with Crippen LogP contribution in [0.5, 0.6) is 0 Å². The second-order valence-corrected chi connectivity index (χ2v) is 4.78. The van der Waals surface area contributed by atoms with Crippen molar-refractivity contribution >= 4 is 5.91 Å². The van der Waals surface area contributed by atoms with E-state index in [1.54, 1.807) is 30.6 Å². The van der Waals surface area contributed by atoms with Gasteiger partial charge in [-0.15, -0.1) is 5.10 Å². The molecule has 3 rings (SSSR count). The normalized spacial score (nSPS) is 11.9. The molecule has 1 amide bonds. The Morgan fingerprint density at radius 2 is 2.05 bits per heavy atom. The minimum Gasteiger partial charge on any atom is -0.346 e. The van der Waals surface area contributed by atoms with E-state index in [4.69, 9.17) is 0 Å². The van der Waals surface area contributed by atoms with Crippen molar-refractivity contribution in [1.29, 1.82) is 0 Å². The molecular formula is C15H14N6O. The maximum Gasteiger partial charge on any atom is 0.251 e. The fraction of sp³-hybridized carbons (Fsp3) is 0.133. The average Bonchev–Trinajstić information content (AvgIpc) is 3.10. The van der Waals surface area contributed by atoms with Crippen LogP contribution in [0.15, 0.2) is 55.1 Å². The van der Waals surface area contributed by atoms with E-state index in [9.17, 15) is 4.79 Å². The number of hydrogen-bond acceptors (Lipinski definition) is 5. The van der Waals surface area contributed by atoms with Crippen LogP contribution in [0.1, 0.15) is 28.9 Å². The summed E-state index contributed by atoms with van der Waals surface area (Å²) in [6.45, 7) is 1.93. The molecule has 0 aliphatic rings. The number of nitrogens with one attached hydrogen (secondary N) is 1. The molecule has 22 heavy (non-hydrogen) atoms. The first-order chi connectivity index (χ1) is 10.7. The first-order valence-corrected chi connectivity index (χ1v) is 6.78. The van der Waals surface area contributed by atoms with Crippen LogP contribution in [0, 0.1) is 0 Å². The molecule has 7 heteroatoms. The summed E-state index contributed by atoms with van der Waals surface area (Å²) in [6.07, 6.45) is 4.89. The van der Waals surface area contributed by atoms with Gasteiger partial charge in [-0.3, -0.25) is 9.78 Å². The molecule has 110 valence electrons. The number of rotatable bonds is 4. The van der Waals surface area contributed by atoms with Crippen molar-refractivity contribution in [2.24, 2.45) is 0 Å². The van der Waals surface area contributed by atoms with Gasteiger partial charge in [0, 0.05) is 18.0 Å². The Kier molecular flexibility index (Phi) is 3.86. The fourth-order valence-electron chi connectivity index (χ4n) is 2.08. The maximum absolute atomic E-state index is 12.4. The van der Waals surface area contributed by atoms with Crippen molar-refractivity contribution in [2.45, 2.75) is 13.0 Å². The van der Waals surface area contributed by atoms with Crippen molar-refractivity contribution in [3.63, 3.8) is 0 Å². The van der Waals surface area contributed by atoms with E-state index in [1.807, 2.05) is 25.1 Å². The van der Waals surface area contributed by atoms with Crippen LogP contribution >= 0.6 is 0 Å². The van der Waals surface area contributed by atoms with Crippen molar-refractivity contribution in [3.8, 4) is 5.69 Å². The second-order valence-electron chi connectivity index (χ2n) is 4.78. The van der Waals surface area contributed by atoms with Crippen LogP contribution in [-0.4, -0.2) is 31.1 Å².